The fourth-order valence-electron chi connectivity index (χ4n) is 4.29. The Morgan fingerprint density at radius 3 is 2.34 bits per heavy atom. The number of amides is 2. The maximum atomic E-state index is 13.3. The molecule has 0 radical (unpaired) electrons. The molecule has 1 saturated heterocycles. The Hall–Kier alpha value is -3.82. The summed E-state index contributed by atoms with van der Waals surface area (Å²) in [6.45, 7) is 2.80. The second kappa shape index (κ2) is 11.5. The molecule has 1 atom stereocenters. The van der Waals surface area contributed by atoms with Crippen LogP contribution in [0.15, 0.2) is 78.9 Å². The van der Waals surface area contributed by atoms with E-state index in [4.69, 9.17) is 16.9 Å². The monoisotopic (exact) mass is 486 g/mol. The minimum absolute atomic E-state index is 0.00000915. The Balaban J connectivity index is 1.44. The molecule has 0 bridgehead atoms. The lowest BCUT2D eigenvalue weighted by molar-refractivity contribution is -0.131. The molecule has 3 aromatic carbocycles. The number of hydrogen-bond acceptors (Lipinski definition) is 4. The standard InChI is InChI=1S/C28H27ClN4O2/c29-25-10-5-4-9-24(25)28(35)31-26(22-7-2-1-3-8-22)19-27(34)33-16-6-15-32(17-18-33)23-13-11-21(20-30)12-14-23/h1-5,7-14,26H,6,15-19H2,(H,31,35). The first-order chi connectivity index (χ1) is 17.0. The van der Waals surface area contributed by atoms with E-state index in [9.17, 15) is 9.59 Å². The van der Waals surface area contributed by atoms with Crippen molar-refractivity contribution in [2.24, 2.45) is 0 Å². The summed E-state index contributed by atoms with van der Waals surface area (Å²) < 4.78 is 0. The summed E-state index contributed by atoms with van der Waals surface area (Å²) in [7, 11) is 0. The van der Waals surface area contributed by atoms with E-state index in [1.165, 1.54) is 0 Å². The highest BCUT2D eigenvalue weighted by Crippen LogP contribution is 2.23. The molecular formula is C28H27ClN4O2. The zero-order chi connectivity index (χ0) is 24.6. The largest absolute Gasteiger partial charge is 0.370 e. The van der Waals surface area contributed by atoms with Crippen molar-refractivity contribution in [1.29, 1.82) is 5.26 Å². The van der Waals surface area contributed by atoms with Crippen LogP contribution in [0.2, 0.25) is 5.02 Å². The van der Waals surface area contributed by atoms with Gasteiger partial charge in [0.25, 0.3) is 5.91 Å². The van der Waals surface area contributed by atoms with Gasteiger partial charge >= 0.3 is 0 Å². The Labute approximate surface area is 210 Å². The first-order valence-corrected chi connectivity index (χ1v) is 12.1. The van der Waals surface area contributed by atoms with Crippen molar-refractivity contribution in [3.63, 3.8) is 0 Å². The summed E-state index contributed by atoms with van der Waals surface area (Å²) in [5, 5.41) is 12.4. The zero-order valence-electron chi connectivity index (χ0n) is 19.4. The molecule has 1 aliphatic heterocycles. The van der Waals surface area contributed by atoms with E-state index in [0.29, 0.717) is 35.8 Å². The van der Waals surface area contributed by atoms with Crippen molar-refractivity contribution >= 4 is 29.1 Å². The third-order valence-corrected chi connectivity index (χ3v) is 6.54. The van der Waals surface area contributed by atoms with Crippen LogP contribution >= 0.6 is 11.6 Å². The van der Waals surface area contributed by atoms with Crippen LogP contribution in [0.25, 0.3) is 0 Å². The van der Waals surface area contributed by atoms with E-state index in [1.807, 2.05) is 59.5 Å². The highest BCUT2D eigenvalue weighted by atomic mass is 35.5. The quantitative estimate of drug-likeness (QED) is 0.542. The minimum atomic E-state index is -0.467. The van der Waals surface area contributed by atoms with Gasteiger partial charge in [-0.15, -0.1) is 0 Å². The molecule has 1 fully saturated rings. The summed E-state index contributed by atoms with van der Waals surface area (Å²) in [6.07, 6.45) is 1.00. The smallest absolute Gasteiger partial charge is 0.253 e. The topological polar surface area (TPSA) is 76.4 Å². The molecule has 0 saturated carbocycles. The number of nitrogens with zero attached hydrogens (tertiary/aromatic N) is 3. The molecule has 178 valence electrons. The van der Waals surface area contributed by atoms with E-state index in [1.54, 1.807) is 24.3 Å². The molecule has 2 amide bonds. The number of halogens is 1. The van der Waals surface area contributed by atoms with Gasteiger partial charge in [-0.25, -0.2) is 0 Å². The first-order valence-electron chi connectivity index (χ1n) is 11.7. The number of anilines is 1. The van der Waals surface area contributed by atoms with E-state index < -0.39 is 6.04 Å². The van der Waals surface area contributed by atoms with Crippen LogP contribution < -0.4 is 10.2 Å². The van der Waals surface area contributed by atoms with Crippen LogP contribution in [0.5, 0.6) is 0 Å². The van der Waals surface area contributed by atoms with Gasteiger partial charge in [-0.3, -0.25) is 9.59 Å². The minimum Gasteiger partial charge on any atom is -0.370 e. The molecule has 6 nitrogen and oxygen atoms in total. The van der Waals surface area contributed by atoms with Gasteiger partial charge < -0.3 is 15.1 Å². The number of carbonyl (C=O) groups is 2. The lowest BCUT2D eigenvalue weighted by Crippen LogP contribution is -2.38. The van der Waals surface area contributed by atoms with Gasteiger partial charge in [-0.05, 0) is 48.4 Å². The number of nitrogens with one attached hydrogen (secondary N) is 1. The molecule has 35 heavy (non-hydrogen) atoms. The molecular weight excluding hydrogens is 460 g/mol. The van der Waals surface area contributed by atoms with Crippen LogP contribution in [0.4, 0.5) is 5.69 Å². The fraction of sp³-hybridized carbons (Fsp3) is 0.250. The first kappa shape index (κ1) is 24.3. The molecule has 1 aliphatic rings. The molecule has 0 spiro atoms. The van der Waals surface area contributed by atoms with Crippen LogP contribution in [0, 0.1) is 11.3 Å². The van der Waals surface area contributed by atoms with Gasteiger partial charge in [-0.1, -0.05) is 54.1 Å². The van der Waals surface area contributed by atoms with E-state index >= 15 is 0 Å². The molecule has 1 unspecified atom stereocenters. The lowest BCUT2D eigenvalue weighted by Gasteiger charge is -2.26. The van der Waals surface area contributed by atoms with Crippen molar-refractivity contribution < 1.29 is 9.59 Å². The second-order valence-electron chi connectivity index (χ2n) is 8.50. The van der Waals surface area contributed by atoms with Crippen LogP contribution in [-0.4, -0.2) is 42.9 Å². The second-order valence-corrected chi connectivity index (χ2v) is 8.91. The third kappa shape index (κ3) is 6.20. The SMILES string of the molecule is N#Cc1ccc(N2CCCN(C(=O)CC(NC(=O)c3ccccc3Cl)c3ccccc3)CC2)cc1. The molecule has 0 aromatic heterocycles. The number of carbonyl (C=O) groups excluding carboxylic acids is 2. The number of hydrogen-bond donors (Lipinski definition) is 1. The van der Waals surface area contributed by atoms with Crippen molar-refractivity contribution in [3.05, 3.63) is 101 Å². The molecule has 1 heterocycles. The van der Waals surface area contributed by atoms with Crippen molar-refractivity contribution in [3.8, 4) is 6.07 Å². The summed E-state index contributed by atoms with van der Waals surface area (Å²) >= 11 is 6.22. The van der Waals surface area contributed by atoms with Gasteiger partial charge in [0.15, 0.2) is 0 Å². The summed E-state index contributed by atoms with van der Waals surface area (Å²) in [5.74, 6) is -0.305. The maximum absolute atomic E-state index is 13.3. The Morgan fingerprint density at radius 2 is 1.63 bits per heavy atom. The predicted octanol–water partition coefficient (Wildman–Crippen LogP) is 4.81. The molecule has 4 rings (SSSR count). The Bertz CT molecular complexity index is 1210. The van der Waals surface area contributed by atoms with Gasteiger partial charge in [0.05, 0.1) is 34.7 Å². The molecule has 1 N–H and O–H groups in total. The van der Waals surface area contributed by atoms with Gasteiger partial charge in [0, 0.05) is 31.9 Å². The normalized spacial score (nSPS) is 14.5. The Morgan fingerprint density at radius 1 is 0.914 bits per heavy atom. The summed E-state index contributed by atoms with van der Waals surface area (Å²) in [4.78, 5) is 30.4. The fourth-order valence-corrected chi connectivity index (χ4v) is 4.52. The van der Waals surface area contributed by atoms with E-state index in [2.05, 4.69) is 16.3 Å². The predicted molar refractivity (Wildman–Crippen MR) is 137 cm³/mol. The highest BCUT2D eigenvalue weighted by molar-refractivity contribution is 6.33. The number of nitriles is 1. The maximum Gasteiger partial charge on any atom is 0.253 e. The molecule has 3 aromatic rings. The Kier molecular flexibility index (Phi) is 8.02. The third-order valence-electron chi connectivity index (χ3n) is 6.21. The van der Waals surface area contributed by atoms with Crippen LogP contribution in [0.3, 0.4) is 0 Å². The van der Waals surface area contributed by atoms with E-state index in [-0.39, 0.29) is 18.2 Å². The van der Waals surface area contributed by atoms with Crippen LogP contribution in [0.1, 0.15) is 40.4 Å². The summed E-state index contributed by atoms with van der Waals surface area (Å²) in [6, 6.07) is 25.6. The number of benzene rings is 3. The average Bonchev–Trinajstić information content (AvgIpc) is 3.15. The van der Waals surface area contributed by atoms with Gasteiger partial charge in [0.1, 0.15) is 0 Å². The van der Waals surface area contributed by atoms with Crippen molar-refractivity contribution in [1.82, 2.24) is 10.2 Å². The lowest BCUT2D eigenvalue weighted by atomic mass is 10.0. The zero-order valence-corrected chi connectivity index (χ0v) is 20.1. The van der Waals surface area contributed by atoms with E-state index in [0.717, 1.165) is 24.2 Å². The summed E-state index contributed by atoms with van der Waals surface area (Å²) in [5.41, 5.74) is 2.93. The average molecular weight is 487 g/mol. The number of rotatable bonds is 6. The molecule has 0 aliphatic carbocycles. The molecule has 7 heteroatoms. The van der Waals surface area contributed by atoms with Crippen molar-refractivity contribution in [2.75, 3.05) is 31.1 Å². The van der Waals surface area contributed by atoms with Crippen LogP contribution in [-0.2, 0) is 4.79 Å². The van der Waals surface area contributed by atoms with Gasteiger partial charge in [0.2, 0.25) is 5.91 Å². The van der Waals surface area contributed by atoms with Gasteiger partial charge in [-0.2, -0.15) is 5.26 Å². The highest BCUT2D eigenvalue weighted by Gasteiger charge is 2.25. The van der Waals surface area contributed by atoms with Crippen molar-refractivity contribution in [2.45, 2.75) is 18.9 Å².